The number of esters is 1. The Morgan fingerprint density at radius 2 is 1.85 bits per heavy atom. The molecular weight excluding hydrogens is 332 g/mol. The van der Waals surface area contributed by atoms with Crippen molar-refractivity contribution >= 4 is 5.97 Å². The summed E-state index contributed by atoms with van der Waals surface area (Å²) in [5.41, 5.74) is 1.75. The molecule has 0 aliphatic heterocycles. The van der Waals surface area contributed by atoms with Crippen LogP contribution in [0.5, 0.6) is 11.5 Å². The van der Waals surface area contributed by atoms with Gasteiger partial charge in [0.2, 0.25) is 0 Å². The van der Waals surface area contributed by atoms with E-state index in [0.717, 1.165) is 17.7 Å². The molecule has 6 nitrogen and oxygen atoms in total. The summed E-state index contributed by atoms with van der Waals surface area (Å²) in [6, 6.07) is 8.80. The number of hydrogen-bond donors (Lipinski definition) is 1. The standard InChI is InChI=1S/C20H22N2O4/c1-4-11-25-15-5-7-16(8-6-15)26-19(23)10-9-17-13(2)18(12-21)20(24)22-14(17)3/h5-8H,4,9-11H2,1-3H3,(H,22,24). The van der Waals surface area contributed by atoms with Crippen LogP contribution in [0.4, 0.5) is 0 Å². The molecule has 0 unspecified atom stereocenters. The Morgan fingerprint density at radius 3 is 2.46 bits per heavy atom. The van der Waals surface area contributed by atoms with Gasteiger partial charge in [-0.3, -0.25) is 9.59 Å². The molecule has 136 valence electrons. The summed E-state index contributed by atoms with van der Waals surface area (Å²) < 4.78 is 10.8. The number of aryl methyl sites for hydroxylation is 1. The number of nitrogens with zero attached hydrogens (tertiary/aromatic N) is 1. The van der Waals surface area contributed by atoms with E-state index in [0.29, 0.717) is 30.0 Å². The lowest BCUT2D eigenvalue weighted by molar-refractivity contribution is -0.134. The number of ether oxygens (including phenoxy) is 2. The van der Waals surface area contributed by atoms with Crippen molar-refractivity contribution in [3.05, 3.63) is 57.0 Å². The average molecular weight is 354 g/mol. The van der Waals surface area contributed by atoms with Gasteiger partial charge in [-0.25, -0.2) is 0 Å². The molecule has 0 spiro atoms. The molecule has 0 radical (unpaired) electrons. The summed E-state index contributed by atoms with van der Waals surface area (Å²) in [7, 11) is 0. The highest BCUT2D eigenvalue weighted by atomic mass is 16.5. The third-order valence-electron chi connectivity index (χ3n) is 4.03. The minimum absolute atomic E-state index is 0.0848. The highest BCUT2D eigenvalue weighted by Crippen LogP contribution is 2.19. The van der Waals surface area contributed by atoms with Crippen molar-refractivity contribution in [2.75, 3.05) is 6.61 Å². The molecule has 0 amide bonds. The number of H-pyrrole nitrogens is 1. The number of nitriles is 1. The van der Waals surface area contributed by atoms with Crippen LogP contribution in [0.15, 0.2) is 29.1 Å². The quantitative estimate of drug-likeness (QED) is 0.609. The summed E-state index contributed by atoms with van der Waals surface area (Å²) in [6.45, 7) is 6.14. The van der Waals surface area contributed by atoms with Crippen LogP contribution >= 0.6 is 0 Å². The average Bonchev–Trinajstić information content (AvgIpc) is 2.61. The Bertz CT molecular complexity index is 876. The van der Waals surface area contributed by atoms with Gasteiger partial charge >= 0.3 is 5.97 Å². The molecule has 2 aromatic rings. The van der Waals surface area contributed by atoms with Gasteiger partial charge in [0.05, 0.1) is 13.0 Å². The molecule has 0 aliphatic rings. The van der Waals surface area contributed by atoms with Crippen molar-refractivity contribution < 1.29 is 14.3 Å². The van der Waals surface area contributed by atoms with E-state index in [2.05, 4.69) is 4.98 Å². The van der Waals surface area contributed by atoms with Crippen molar-refractivity contribution in [1.82, 2.24) is 4.98 Å². The number of carbonyl (C=O) groups is 1. The van der Waals surface area contributed by atoms with Gasteiger partial charge in [0.15, 0.2) is 0 Å². The van der Waals surface area contributed by atoms with Crippen LogP contribution in [-0.2, 0) is 11.2 Å². The van der Waals surface area contributed by atoms with Crippen molar-refractivity contribution in [1.29, 1.82) is 5.26 Å². The number of aromatic nitrogens is 1. The van der Waals surface area contributed by atoms with Gasteiger partial charge in [0, 0.05) is 5.69 Å². The zero-order valence-electron chi connectivity index (χ0n) is 15.2. The number of hydrogen-bond acceptors (Lipinski definition) is 5. The highest BCUT2D eigenvalue weighted by molar-refractivity contribution is 5.72. The van der Waals surface area contributed by atoms with E-state index < -0.39 is 5.56 Å². The number of pyridine rings is 1. The van der Waals surface area contributed by atoms with Crippen LogP contribution in [0.3, 0.4) is 0 Å². The van der Waals surface area contributed by atoms with Crippen molar-refractivity contribution in [3.63, 3.8) is 0 Å². The SMILES string of the molecule is CCCOc1ccc(OC(=O)CCc2c(C)[nH]c(=O)c(C#N)c2C)cc1. The topological polar surface area (TPSA) is 92.2 Å². The molecular formula is C20H22N2O4. The smallest absolute Gasteiger partial charge is 0.311 e. The Morgan fingerprint density at radius 1 is 1.19 bits per heavy atom. The van der Waals surface area contributed by atoms with Gasteiger partial charge < -0.3 is 14.5 Å². The molecule has 0 atom stereocenters. The second-order valence-electron chi connectivity index (χ2n) is 5.96. The first-order valence-electron chi connectivity index (χ1n) is 8.52. The summed E-state index contributed by atoms with van der Waals surface area (Å²) >= 11 is 0. The molecule has 0 saturated carbocycles. The van der Waals surface area contributed by atoms with Gasteiger partial charge in [0.25, 0.3) is 5.56 Å². The van der Waals surface area contributed by atoms with Crippen molar-refractivity contribution in [3.8, 4) is 17.6 Å². The monoisotopic (exact) mass is 354 g/mol. The highest BCUT2D eigenvalue weighted by Gasteiger charge is 2.14. The predicted octanol–water partition coefficient (Wildman–Crippen LogP) is 3.19. The number of aromatic amines is 1. The van der Waals surface area contributed by atoms with E-state index in [4.69, 9.17) is 14.7 Å². The molecule has 2 rings (SSSR count). The number of carbonyl (C=O) groups excluding carboxylic acids is 1. The zero-order valence-corrected chi connectivity index (χ0v) is 15.2. The number of nitrogens with one attached hydrogen (secondary N) is 1. The lowest BCUT2D eigenvalue weighted by atomic mass is 9.99. The van der Waals surface area contributed by atoms with Gasteiger partial charge in [-0.05, 0) is 62.1 Å². The first kappa shape index (κ1) is 19.3. The second kappa shape index (κ2) is 8.86. The number of rotatable bonds is 7. The van der Waals surface area contributed by atoms with E-state index in [1.54, 1.807) is 38.1 Å². The minimum Gasteiger partial charge on any atom is -0.494 e. The maximum absolute atomic E-state index is 12.1. The summed E-state index contributed by atoms with van der Waals surface area (Å²) in [6.07, 6.45) is 1.46. The van der Waals surface area contributed by atoms with Crippen LogP contribution in [-0.4, -0.2) is 17.6 Å². The summed E-state index contributed by atoms with van der Waals surface area (Å²) in [5.74, 6) is 0.803. The van der Waals surface area contributed by atoms with E-state index in [1.165, 1.54) is 0 Å². The Hall–Kier alpha value is -3.07. The van der Waals surface area contributed by atoms with E-state index in [1.807, 2.05) is 13.0 Å². The maximum Gasteiger partial charge on any atom is 0.311 e. The van der Waals surface area contributed by atoms with Crippen LogP contribution in [0.25, 0.3) is 0 Å². The molecule has 1 N–H and O–H groups in total. The largest absolute Gasteiger partial charge is 0.494 e. The Labute approximate surface area is 152 Å². The fourth-order valence-corrected chi connectivity index (χ4v) is 2.65. The summed E-state index contributed by atoms with van der Waals surface area (Å²) in [4.78, 5) is 26.5. The third-order valence-corrected chi connectivity index (χ3v) is 4.03. The van der Waals surface area contributed by atoms with E-state index in [-0.39, 0.29) is 18.0 Å². The van der Waals surface area contributed by atoms with Gasteiger partial charge in [-0.2, -0.15) is 5.26 Å². The molecule has 1 aromatic heterocycles. The Kier molecular flexibility index (Phi) is 6.56. The third kappa shape index (κ3) is 4.73. The first-order chi connectivity index (χ1) is 12.5. The van der Waals surface area contributed by atoms with Gasteiger partial charge in [-0.15, -0.1) is 0 Å². The van der Waals surface area contributed by atoms with E-state index in [9.17, 15) is 9.59 Å². The van der Waals surface area contributed by atoms with Gasteiger partial charge in [-0.1, -0.05) is 6.92 Å². The maximum atomic E-state index is 12.1. The Balaban J connectivity index is 1.99. The lowest BCUT2D eigenvalue weighted by Crippen LogP contribution is -2.18. The zero-order chi connectivity index (χ0) is 19.1. The minimum atomic E-state index is -0.404. The molecule has 1 aromatic carbocycles. The lowest BCUT2D eigenvalue weighted by Gasteiger charge is -2.11. The molecule has 0 saturated heterocycles. The van der Waals surface area contributed by atoms with E-state index >= 15 is 0 Å². The fourth-order valence-electron chi connectivity index (χ4n) is 2.65. The van der Waals surface area contributed by atoms with Gasteiger partial charge in [0.1, 0.15) is 23.1 Å². The summed E-state index contributed by atoms with van der Waals surface area (Å²) in [5, 5.41) is 9.09. The van der Waals surface area contributed by atoms with Crippen LogP contribution in [0.2, 0.25) is 0 Å². The normalized spacial score (nSPS) is 10.2. The van der Waals surface area contributed by atoms with Crippen molar-refractivity contribution in [2.45, 2.75) is 40.0 Å². The second-order valence-corrected chi connectivity index (χ2v) is 5.96. The van der Waals surface area contributed by atoms with Crippen molar-refractivity contribution in [2.24, 2.45) is 0 Å². The molecule has 6 heteroatoms. The van der Waals surface area contributed by atoms with Crippen LogP contribution < -0.4 is 15.0 Å². The predicted molar refractivity (Wildman–Crippen MR) is 97.4 cm³/mol. The molecule has 1 heterocycles. The molecule has 0 aliphatic carbocycles. The van der Waals surface area contributed by atoms with Crippen LogP contribution in [0, 0.1) is 25.2 Å². The van der Waals surface area contributed by atoms with Crippen LogP contribution in [0.1, 0.15) is 42.1 Å². The molecule has 26 heavy (non-hydrogen) atoms. The fraction of sp³-hybridized carbons (Fsp3) is 0.350. The molecule has 0 fully saturated rings. The number of benzene rings is 1. The first-order valence-corrected chi connectivity index (χ1v) is 8.52. The molecule has 0 bridgehead atoms.